The van der Waals surface area contributed by atoms with Crippen molar-refractivity contribution in [3.05, 3.63) is 23.2 Å². The van der Waals surface area contributed by atoms with E-state index in [1.807, 2.05) is 24.8 Å². The van der Waals surface area contributed by atoms with Crippen LogP contribution in [0.2, 0.25) is 0 Å². The van der Waals surface area contributed by atoms with E-state index >= 15 is 0 Å². The number of unbranched alkanes of at least 4 members (excludes halogenated alkanes) is 1. The van der Waals surface area contributed by atoms with Gasteiger partial charge in [-0.05, 0) is 31.6 Å². The minimum atomic E-state index is -0.743. The van der Waals surface area contributed by atoms with E-state index in [1.54, 1.807) is 4.90 Å². The van der Waals surface area contributed by atoms with Crippen molar-refractivity contribution in [2.75, 3.05) is 18.8 Å². The number of aryl methyl sites for hydroxylation is 1. The van der Waals surface area contributed by atoms with Gasteiger partial charge in [0.15, 0.2) is 5.76 Å². The van der Waals surface area contributed by atoms with Gasteiger partial charge in [-0.25, -0.2) is 0 Å². The van der Waals surface area contributed by atoms with E-state index in [0.717, 1.165) is 22.8 Å². The van der Waals surface area contributed by atoms with Gasteiger partial charge in [0, 0.05) is 30.8 Å². The van der Waals surface area contributed by atoms with Gasteiger partial charge in [-0.15, -0.1) is 0 Å². The van der Waals surface area contributed by atoms with E-state index in [-0.39, 0.29) is 30.7 Å². The lowest BCUT2D eigenvalue weighted by Gasteiger charge is -2.19. The van der Waals surface area contributed by atoms with E-state index in [2.05, 4.69) is 12.2 Å². The number of rotatable bonds is 6. The SMILES string of the molecule is CCCCSCc1cc(C(=O)N2CC[C@]3(CC(=O)NC3=O)C2)oc1C. The molecule has 2 aliphatic heterocycles. The molecule has 0 aliphatic carbocycles. The number of nitrogens with one attached hydrogen (secondary N) is 1. The third-order valence-electron chi connectivity index (χ3n) is 5.01. The summed E-state index contributed by atoms with van der Waals surface area (Å²) in [4.78, 5) is 37.9. The molecule has 3 amide bonds. The Morgan fingerprint density at radius 3 is 2.92 bits per heavy atom. The van der Waals surface area contributed by atoms with Crippen LogP contribution < -0.4 is 5.32 Å². The maximum absolute atomic E-state index is 12.7. The molecule has 7 heteroatoms. The molecule has 0 bridgehead atoms. The highest BCUT2D eigenvalue weighted by molar-refractivity contribution is 7.98. The highest BCUT2D eigenvalue weighted by Gasteiger charge is 2.52. The zero-order chi connectivity index (χ0) is 18.0. The number of nitrogens with zero attached hydrogens (tertiary/aromatic N) is 1. The predicted octanol–water partition coefficient (Wildman–Crippen LogP) is 2.50. The standard InChI is InChI=1S/C18H24N2O4S/c1-3-4-7-25-10-13-8-14(24-12(13)2)16(22)20-6-5-18(11-20)9-15(21)19-17(18)23/h8H,3-7,9-11H2,1-2H3,(H,19,21,23)/t18-/m0/s1. The Balaban J connectivity index is 1.64. The van der Waals surface area contributed by atoms with Gasteiger partial charge in [-0.3, -0.25) is 19.7 Å². The number of hydrogen-bond donors (Lipinski definition) is 1. The highest BCUT2D eigenvalue weighted by Crippen LogP contribution is 2.38. The molecule has 0 radical (unpaired) electrons. The predicted molar refractivity (Wildman–Crippen MR) is 95.2 cm³/mol. The van der Waals surface area contributed by atoms with Crippen molar-refractivity contribution in [2.45, 2.75) is 45.3 Å². The molecule has 1 N–H and O–H groups in total. The monoisotopic (exact) mass is 364 g/mol. The van der Waals surface area contributed by atoms with Crippen LogP contribution in [0.5, 0.6) is 0 Å². The lowest BCUT2D eigenvalue weighted by Crippen LogP contribution is -2.36. The van der Waals surface area contributed by atoms with Crippen molar-refractivity contribution in [3.63, 3.8) is 0 Å². The molecule has 1 atom stereocenters. The summed E-state index contributed by atoms with van der Waals surface area (Å²) in [6.45, 7) is 4.80. The fourth-order valence-electron chi connectivity index (χ4n) is 3.42. The average molecular weight is 364 g/mol. The molecular weight excluding hydrogens is 340 g/mol. The van der Waals surface area contributed by atoms with Crippen LogP contribution in [0.4, 0.5) is 0 Å². The summed E-state index contributed by atoms with van der Waals surface area (Å²) in [7, 11) is 0. The van der Waals surface area contributed by atoms with Crippen LogP contribution in [-0.2, 0) is 15.3 Å². The van der Waals surface area contributed by atoms with Crippen LogP contribution in [-0.4, -0.2) is 41.5 Å². The first-order valence-corrected chi connectivity index (χ1v) is 9.91. The molecule has 2 saturated heterocycles. The third-order valence-corrected chi connectivity index (χ3v) is 6.10. The van der Waals surface area contributed by atoms with Gasteiger partial charge in [0.1, 0.15) is 5.76 Å². The molecular formula is C18H24N2O4S. The lowest BCUT2D eigenvalue weighted by molar-refractivity contribution is -0.128. The number of likely N-dealkylation sites (tertiary alicyclic amines) is 1. The summed E-state index contributed by atoms with van der Waals surface area (Å²) in [6.07, 6.45) is 3.06. The molecule has 3 rings (SSSR count). The first kappa shape index (κ1) is 18.0. The number of imide groups is 1. The molecule has 0 aromatic carbocycles. The summed E-state index contributed by atoms with van der Waals surface area (Å²) in [5, 5.41) is 2.35. The van der Waals surface area contributed by atoms with Crippen molar-refractivity contribution >= 4 is 29.5 Å². The Morgan fingerprint density at radius 2 is 2.24 bits per heavy atom. The number of furan rings is 1. The first-order valence-electron chi connectivity index (χ1n) is 8.76. The molecule has 1 spiro atoms. The average Bonchev–Trinajstić information content (AvgIpc) is 3.23. The van der Waals surface area contributed by atoms with Crippen LogP contribution in [0, 0.1) is 12.3 Å². The highest BCUT2D eigenvalue weighted by atomic mass is 32.2. The van der Waals surface area contributed by atoms with E-state index in [0.29, 0.717) is 18.7 Å². The molecule has 6 nitrogen and oxygen atoms in total. The second-order valence-electron chi connectivity index (χ2n) is 6.91. The maximum Gasteiger partial charge on any atom is 0.289 e. The van der Waals surface area contributed by atoms with Gasteiger partial charge < -0.3 is 9.32 Å². The number of hydrogen-bond acceptors (Lipinski definition) is 5. The largest absolute Gasteiger partial charge is 0.456 e. The van der Waals surface area contributed by atoms with Gasteiger partial charge in [-0.1, -0.05) is 13.3 Å². The summed E-state index contributed by atoms with van der Waals surface area (Å²) < 4.78 is 5.67. The molecule has 1 aromatic rings. The zero-order valence-electron chi connectivity index (χ0n) is 14.7. The van der Waals surface area contributed by atoms with E-state index in [4.69, 9.17) is 4.42 Å². The molecule has 25 heavy (non-hydrogen) atoms. The van der Waals surface area contributed by atoms with Gasteiger partial charge in [0.05, 0.1) is 5.41 Å². The fraction of sp³-hybridized carbons (Fsp3) is 0.611. The lowest BCUT2D eigenvalue weighted by atomic mass is 9.85. The quantitative estimate of drug-likeness (QED) is 0.620. The number of carbonyl (C=O) groups excluding carboxylic acids is 3. The molecule has 0 unspecified atom stereocenters. The Morgan fingerprint density at radius 1 is 1.44 bits per heavy atom. The van der Waals surface area contributed by atoms with E-state index in [9.17, 15) is 14.4 Å². The minimum absolute atomic E-state index is 0.173. The molecule has 0 saturated carbocycles. The van der Waals surface area contributed by atoms with Gasteiger partial charge >= 0.3 is 0 Å². The molecule has 1 aromatic heterocycles. The van der Waals surface area contributed by atoms with Crippen LogP contribution in [0.25, 0.3) is 0 Å². The van der Waals surface area contributed by atoms with Gasteiger partial charge in [0.25, 0.3) is 5.91 Å². The second-order valence-corrected chi connectivity index (χ2v) is 8.01. The normalized spacial score (nSPS) is 22.9. The van der Waals surface area contributed by atoms with E-state index < -0.39 is 5.41 Å². The smallest absolute Gasteiger partial charge is 0.289 e. The van der Waals surface area contributed by atoms with Gasteiger partial charge in [0.2, 0.25) is 11.8 Å². The summed E-state index contributed by atoms with van der Waals surface area (Å²) in [5.74, 6) is 2.33. The van der Waals surface area contributed by atoms with Crippen LogP contribution in [0.1, 0.15) is 54.5 Å². The summed E-state index contributed by atoms with van der Waals surface area (Å²) >= 11 is 1.84. The Bertz CT molecular complexity index is 699. The fourth-order valence-corrected chi connectivity index (χ4v) is 4.56. The molecule has 3 heterocycles. The van der Waals surface area contributed by atoms with Gasteiger partial charge in [-0.2, -0.15) is 11.8 Å². The Labute approximate surface area is 151 Å². The second kappa shape index (κ2) is 7.23. The number of thioether (sulfide) groups is 1. The van der Waals surface area contributed by atoms with Crippen molar-refractivity contribution < 1.29 is 18.8 Å². The zero-order valence-corrected chi connectivity index (χ0v) is 15.5. The molecule has 2 aliphatic rings. The first-order chi connectivity index (χ1) is 11.9. The topological polar surface area (TPSA) is 79.6 Å². The summed E-state index contributed by atoms with van der Waals surface area (Å²) in [5.41, 5.74) is 0.305. The van der Waals surface area contributed by atoms with Crippen molar-refractivity contribution in [3.8, 4) is 0 Å². The van der Waals surface area contributed by atoms with Crippen molar-refractivity contribution in [1.29, 1.82) is 0 Å². The van der Waals surface area contributed by atoms with Crippen molar-refractivity contribution in [2.24, 2.45) is 5.41 Å². The number of carbonyl (C=O) groups is 3. The Hall–Kier alpha value is -1.76. The molecule has 136 valence electrons. The summed E-state index contributed by atoms with van der Waals surface area (Å²) in [6, 6.07) is 1.82. The third kappa shape index (κ3) is 3.61. The van der Waals surface area contributed by atoms with Crippen LogP contribution >= 0.6 is 11.8 Å². The van der Waals surface area contributed by atoms with Crippen LogP contribution in [0.3, 0.4) is 0 Å². The minimum Gasteiger partial charge on any atom is -0.456 e. The van der Waals surface area contributed by atoms with Crippen LogP contribution in [0.15, 0.2) is 10.5 Å². The Kier molecular flexibility index (Phi) is 5.22. The number of amides is 3. The molecule has 2 fully saturated rings. The maximum atomic E-state index is 12.7. The van der Waals surface area contributed by atoms with E-state index in [1.165, 1.54) is 12.8 Å². The van der Waals surface area contributed by atoms with Crippen molar-refractivity contribution in [1.82, 2.24) is 10.2 Å².